The summed E-state index contributed by atoms with van der Waals surface area (Å²) in [6, 6.07) is 7.48. The van der Waals surface area contributed by atoms with Crippen LogP contribution in [0.1, 0.15) is 17.3 Å². The second kappa shape index (κ2) is 8.28. The van der Waals surface area contributed by atoms with Crippen LogP contribution < -0.4 is 14.9 Å². The summed E-state index contributed by atoms with van der Waals surface area (Å²) in [7, 11) is 0. The van der Waals surface area contributed by atoms with Gasteiger partial charge >= 0.3 is 12.0 Å². The average Bonchev–Trinajstić information content (AvgIpc) is 2.66. The predicted octanol–water partition coefficient (Wildman–Crippen LogP) is 3.50. The number of halogens is 1. The van der Waals surface area contributed by atoms with E-state index in [2.05, 4.69) is 38.4 Å². The van der Waals surface area contributed by atoms with Crippen LogP contribution in [0.25, 0.3) is 11.2 Å². The van der Waals surface area contributed by atoms with Gasteiger partial charge in [0, 0.05) is 6.54 Å². The molecule has 2 aromatic heterocycles. The van der Waals surface area contributed by atoms with E-state index in [0.29, 0.717) is 12.1 Å². The number of carbonyl (C=O) groups excluding carboxylic acids is 1. The molecule has 28 heavy (non-hydrogen) atoms. The Balaban J connectivity index is 1.95. The van der Waals surface area contributed by atoms with Crippen molar-refractivity contribution in [3.63, 3.8) is 0 Å². The highest BCUT2D eigenvalue weighted by molar-refractivity contribution is 7.82. The number of carboxylic acid groups (broad SMARTS) is 1. The molecular weight excluding hydrogens is 404 g/mol. The minimum Gasteiger partial charge on any atom is -0.478 e. The number of nitrogens with zero attached hydrogens (tertiary/aromatic N) is 4. The van der Waals surface area contributed by atoms with Gasteiger partial charge in [-0.3, -0.25) is 0 Å². The van der Waals surface area contributed by atoms with Gasteiger partial charge in [0.1, 0.15) is 16.9 Å². The standard InChI is InChI=1S/C17H15ClN6O3S/c1-2-19-17(27)24(28)13-7-6-11-15(23-13)22-12(8-20-11)21-10-5-3-4-9(18)14(10)16(25)26/h3-8,28H,2H2,1H3,(H,19,27)(H,25,26)(H,21,22,23). The van der Waals surface area contributed by atoms with Gasteiger partial charge in [-0.1, -0.05) is 30.5 Å². The van der Waals surface area contributed by atoms with E-state index >= 15 is 0 Å². The maximum Gasteiger partial charge on any atom is 0.339 e. The molecule has 1 aromatic carbocycles. The molecule has 0 atom stereocenters. The lowest BCUT2D eigenvalue weighted by molar-refractivity contribution is 0.0698. The van der Waals surface area contributed by atoms with Crippen molar-refractivity contribution in [2.75, 3.05) is 16.2 Å². The fraction of sp³-hybridized carbons (Fsp3) is 0.118. The first-order valence-electron chi connectivity index (χ1n) is 8.10. The summed E-state index contributed by atoms with van der Waals surface area (Å²) in [6.45, 7) is 2.24. The van der Waals surface area contributed by atoms with E-state index < -0.39 is 12.0 Å². The van der Waals surface area contributed by atoms with Gasteiger partial charge in [0.2, 0.25) is 0 Å². The number of carboxylic acids is 1. The number of amides is 2. The van der Waals surface area contributed by atoms with Crippen molar-refractivity contribution in [1.82, 2.24) is 20.3 Å². The monoisotopic (exact) mass is 418 g/mol. The number of benzene rings is 1. The van der Waals surface area contributed by atoms with Crippen LogP contribution in [0.2, 0.25) is 5.02 Å². The zero-order chi connectivity index (χ0) is 20.3. The number of hydrogen-bond donors (Lipinski definition) is 4. The van der Waals surface area contributed by atoms with Crippen molar-refractivity contribution in [1.29, 1.82) is 0 Å². The van der Waals surface area contributed by atoms with Gasteiger partial charge in [0.15, 0.2) is 11.5 Å². The van der Waals surface area contributed by atoms with Crippen LogP contribution in [0, 0.1) is 0 Å². The number of hydrogen-bond acceptors (Lipinski definition) is 7. The molecule has 9 nitrogen and oxygen atoms in total. The Kier molecular flexibility index (Phi) is 5.81. The number of aromatic nitrogens is 3. The molecule has 0 radical (unpaired) electrons. The van der Waals surface area contributed by atoms with Crippen molar-refractivity contribution in [2.24, 2.45) is 0 Å². The number of anilines is 3. The van der Waals surface area contributed by atoms with Crippen LogP contribution >= 0.6 is 24.4 Å². The second-order valence-corrected chi connectivity index (χ2v) is 6.31. The first-order chi connectivity index (χ1) is 13.4. The average molecular weight is 419 g/mol. The molecule has 0 aliphatic carbocycles. The second-order valence-electron chi connectivity index (χ2n) is 5.51. The van der Waals surface area contributed by atoms with Crippen molar-refractivity contribution < 1.29 is 14.7 Å². The van der Waals surface area contributed by atoms with Crippen LogP contribution in [-0.2, 0) is 0 Å². The van der Waals surface area contributed by atoms with Crippen LogP contribution in [0.5, 0.6) is 0 Å². The number of thiol groups is 1. The zero-order valence-corrected chi connectivity index (χ0v) is 16.2. The largest absolute Gasteiger partial charge is 0.478 e. The van der Waals surface area contributed by atoms with Gasteiger partial charge in [0.05, 0.1) is 16.9 Å². The van der Waals surface area contributed by atoms with Gasteiger partial charge < -0.3 is 15.7 Å². The first-order valence-corrected chi connectivity index (χ1v) is 8.88. The van der Waals surface area contributed by atoms with Crippen molar-refractivity contribution >= 4 is 64.9 Å². The zero-order valence-electron chi connectivity index (χ0n) is 14.5. The lowest BCUT2D eigenvalue weighted by atomic mass is 10.2. The van der Waals surface area contributed by atoms with Gasteiger partial charge in [-0.2, -0.15) is 0 Å². The summed E-state index contributed by atoms with van der Waals surface area (Å²) in [6.07, 6.45) is 1.44. The van der Waals surface area contributed by atoms with E-state index in [4.69, 9.17) is 11.6 Å². The third-order valence-corrected chi connectivity index (χ3v) is 4.32. The summed E-state index contributed by atoms with van der Waals surface area (Å²) >= 11 is 10.1. The predicted molar refractivity (Wildman–Crippen MR) is 110 cm³/mol. The highest BCUT2D eigenvalue weighted by Gasteiger charge is 2.16. The van der Waals surface area contributed by atoms with E-state index in [1.165, 1.54) is 12.3 Å². The Morgan fingerprint density at radius 1 is 1.25 bits per heavy atom. The summed E-state index contributed by atoms with van der Waals surface area (Å²) < 4.78 is 1.06. The third-order valence-electron chi connectivity index (χ3n) is 3.62. The molecule has 0 aliphatic heterocycles. The van der Waals surface area contributed by atoms with E-state index in [1.54, 1.807) is 31.2 Å². The number of carbonyl (C=O) groups is 2. The molecule has 0 aliphatic rings. The summed E-state index contributed by atoms with van der Waals surface area (Å²) in [4.78, 5) is 36.2. The normalized spacial score (nSPS) is 10.5. The number of nitrogens with one attached hydrogen (secondary N) is 2. The third kappa shape index (κ3) is 4.07. The van der Waals surface area contributed by atoms with E-state index in [-0.39, 0.29) is 33.6 Å². The molecule has 144 valence electrons. The van der Waals surface area contributed by atoms with Gasteiger partial charge in [-0.15, -0.1) is 0 Å². The Morgan fingerprint density at radius 2 is 2.04 bits per heavy atom. The highest BCUT2D eigenvalue weighted by Crippen LogP contribution is 2.27. The SMILES string of the molecule is CCNC(=O)N(S)c1ccc2ncc(Nc3cccc(Cl)c3C(=O)O)nc2n1. The minimum absolute atomic E-state index is 0.0782. The van der Waals surface area contributed by atoms with Crippen molar-refractivity contribution in [3.05, 3.63) is 47.1 Å². The van der Waals surface area contributed by atoms with Gasteiger partial charge in [-0.05, 0) is 31.2 Å². The Hall–Kier alpha value is -3.11. The lowest BCUT2D eigenvalue weighted by Crippen LogP contribution is -2.34. The Bertz CT molecular complexity index is 1060. The van der Waals surface area contributed by atoms with Gasteiger partial charge in [0.25, 0.3) is 0 Å². The molecule has 11 heteroatoms. The molecule has 0 fully saturated rings. The molecule has 3 rings (SSSR count). The van der Waals surface area contributed by atoms with Gasteiger partial charge in [-0.25, -0.2) is 28.8 Å². The molecule has 2 amide bonds. The van der Waals surface area contributed by atoms with Crippen LogP contribution in [0.15, 0.2) is 36.5 Å². The molecular formula is C17H15ClN6O3S. The summed E-state index contributed by atoms with van der Waals surface area (Å²) in [5.74, 6) is -0.636. The molecule has 0 saturated heterocycles. The van der Waals surface area contributed by atoms with E-state index in [1.807, 2.05) is 0 Å². The van der Waals surface area contributed by atoms with Crippen molar-refractivity contribution in [3.8, 4) is 0 Å². The number of aromatic carboxylic acids is 1. The number of rotatable bonds is 5. The smallest absolute Gasteiger partial charge is 0.339 e. The quantitative estimate of drug-likeness (QED) is 0.468. The van der Waals surface area contributed by atoms with Crippen molar-refractivity contribution in [2.45, 2.75) is 6.92 Å². The lowest BCUT2D eigenvalue weighted by Gasteiger charge is -2.15. The van der Waals surface area contributed by atoms with E-state index in [0.717, 1.165) is 4.31 Å². The first kappa shape index (κ1) is 19.6. The fourth-order valence-electron chi connectivity index (χ4n) is 2.38. The molecule has 0 bridgehead atoms. The fourth-order valence-corrected chi connectivity index (χ4v) is 2.82. The molecule has 3 aromatic rings. The number of fused-ring (bicyclic) bond motifs is 1. The van der Waals surface area contributed by atoms with Crippen LogP contribution in [-0.4, -0.2) is 38.6 Å². The maximum atomic E-state index is 11.9. The number of urea groups is 1. The van der Waals surface area contributed by atoms with E-state index in [9.17, 15) is 14.7 Å². The molecule has 2 heterocycles. The topological polar surface area (TPSA) is 120 Å². The minimum atomic E-state index is -1.17. The van der Waals surface area contributed by atoms with Crippen LogP contribution in [0.3, 0.4) is 0 Å². The molecule has 3 N–H and O–H groups in total. The van der Waals surface area contributed by atoms with Crippen LogP contribution in [0.4, 0.5) is 22.1 Å². The Morgan fingerprint density at radius 3 is 2.75 bits per heavy atom. The summed E-state index contributed by atoms with van der Waals surface area (Å²) in [5.41, 5.74) is 0.940. The highest BCUT2D eigenvalue weighted by atomic mass is 35.5. The molecule has 0 unspecified atom stereocenters. The Labute approximate surface area is 170 Å². The summed E-state index contributed by atoms with van der Waals surface area (Å²) in [5, 5.41) is 15.0. The number of pyridine rings is 1. The molecule has 0 spiro atoms. The molecule has 0 saturated carbocycles. The maximum absolute atomic E-state index is 11.9.